The molecule has 0 fully saturated rings. The fourth-order valence-electron chi connectivity index (χ4n) is 3.61. The van der Waals surface area contributed by atoms with Gasteiger partial charge in [0.2, 0.25) is 0 Å². The second-order valence-corrected chi connectivity index (χ2v) is 7.97. The van der Waals surface area contributed by atoms with Crippen molar-refractivity contribution in [3.05, 3.63) is 80.8 Å². The van der Waals surface area contributed by atoms with E-state index in [2.05, 4.69) is 16.8 Å². The first-order valence-electron chi connectivity index (χ1n) is 10.6. The molecule has 0 aliphatic carbocycles. The van der Waals surface area contributed by atoms with Crippen molar-refractivity contribution in [3.8, 4) is 11.4 Å². The summed E-state index contributed by atoms with van der Waals surface area (Å²) >= 11 is 6.18. The lowest BCUT2D eigenvalue weighted by Crippen LogP contribution is -2.25. The van der Waals surface area contributed by atoms with Crippen molar-refractivity contribution in [2.45, 2.75) is 27.0 Å². The number of ether oxygens (including phenoxy) is 1. The van der Waals surface area contributed by atoms with Gasteiger partial charge in [0.25, 0.3) is 0 Å². The van der Waals surface area contributed by atoms with Crippen LogP contribution in [0, 0.1) is 5.82 Å². The minimum absolute atomic E-state index is 0.0415. The third-order valence-corrected chi connectivity index (χ3v) is 5.58. The van der Waals surface area contributed by atoms with Crippen LogP contribution < -0.4 is 15.4 Å². The first kappa shape index (κ1) is 25.9. The molecule has 1 N–H and O–H groups in total. The molecule has 0 amide bonds. The van der Waals surface area contributed by atoms with E-state index in [1.54, 1.807) is 13.8 Å². The molecule has 35 heavy (non-hydrogen) atoms. The van der Waals surface area contributed by atoms with Crippen LogP contribution in [0.25, 0.3) is 5.69 Å². The maximum atomic E-state index is 14.5. The summed E-state index contributed by atoms with van der Waals surface area (Å²) in [4.78, 5) is 25.0. The maximum absolute atomic E-state index is 14.5. The Morgan fingerprint density at radius 1 is 1.40 bits per heavy atom. The van der Waals surface area contributed by atoms with Gasteiger partial charge in [0.1, 0.15) is 29.5 Å². The molecule has 3 rings (SSSR count). The number of carbonyl (C=O) groups excluding carboxylic acids is 1. The second kappa shape index (κ2) is 10.7. The lowest BCUT2D eigenvalue weighted by atomic mass is 9.98. The highest BCUT2D eigenvalue weighted by atomic mass is 35.5. The lowest BCUT2D eigenvalue weighted by molar-refractivity contribution is 0.112. The van der Waals surface area contributed by atoms with Gasteiger partial charge in [-0.05, 0) is 43.7 Å². The van der Waals surface area contributed by atoms with Gasteiger partial charge in [0.15, 0.2) is 12.1 Å². The maximum Gasteiger partial charge on any atom is 0.350 e. The number of aldehydes is 1. The highest BCUT2D eigenvalue weighted by Crippen LogP contribution is 2.30. The van der Waals surface area contributed by atoms with E-state index >= 15 is 0 Å². The van der Waals surface area contributed by atoms with Crippen LogP contribution in [-0.4, -0.2) is 45.6 Å². The summed E-state index contributed by atoms with van der Waals surface area (Å²) < 4.78 is 22.3. The number of rotatable bonds is 9. The van der Waals surface area contributed by atoms with Gasteiger partial charge in [0, 0.05) is 24.7 Å². The fraction of sp³-hybridized carbons (Fsp3) is 0.250. The summed E-state index contributed by atoms with van der Waals surface area (Å²) in [6, 6.07) is 7.23. The Labute approximate surface area is 206 Å². The van der Waals surface area contributed by atoms with Crippen LogP contribution in [0.1, 0.15) is 35.6 Å². The van der Waals surface area contributed by atoms with Crippen molar-refractivity contribution < 1.29 is 19.0 Å². The number of carbonyl (C=O) groups is 1. The van der Waals surface area contributed by atoms with E-state index in [1.807, 2.05) is 0 Å². The van der Waals surface area contributed by atoms with Crippen LogP contribution in [0.15, 0.2) is 52.4 Å². The number of hydrogen-bond acceptors (Lipinski definition) is 7. The summed E-state index contributed by atoms with van der Waals surface area (Å²) in [6.07, 6.45) is 0.614. The number of allylic oxidation sites excluding steroid dienone is 1. The molecule has 0 saturated carbocycles. The topological polar surface area (TPSA) is 102 Å². The van der Waals surface area contributed by atoms with Crippen molar-refractivity contribution in [1.29, 1.82) is 0 Å². The zero-order valence-corrected chi connectivity index (χ0v) is 20.5. The number of anilines is 1. The Kier molecular flexibility index (Phi) is 7.88. The Morgan fingerprint density at radius 3 is 2.63 bits per heavy atom. The number of aliphatic hydroxyl groups excluding tert-OH is 1. The molecule has 1 aromatic heterocycles. The Hall–Kier alpha value is -3.76. The lowest BCUT2D eigenvalue weighted by Gasteiger charge is -2.20. The summed E-state index contributed by atoms with van der Waals surface area (Å²) in [5, 5.41) is 19.7. The third-order valence-electron chi connectivity index (χ3n) is 5.27. The average Bonchev–Trinajstić information content (AvgIpc) is 3.16. The molecular weight excluding hydrogens is 477 g/mol. The Bertz CT molecular complexity index is 1360. The Balaban J connectivity index is 2.29. The number of aliphatic hydroxyl groups is 1. The first-order chi connectivity index (χ1) is 16.7. The number of halogens is 2. The molecule has 0 bridgehead atoms. The van der Waals surface area contributed by atoms with E-state index in [-0.39, 0.29) is 39.2 Å². The third kappa shape index (κ3) is 4.89. The van der Waals surface area contributed by atoms with E-state index in [0.29, 0.717) is 24.0 Å². The quantitative estimate of drug-likeness (QED) is 0.273. The fourth-order valence-corrected chi connectivity index (χ4v) is 3.90. The summed E-state index contributed by atoms with van der Waals surface area (Å²) in [5.41, 5.74) is 0.995. The molecule has 1 heterocycles. The van der Waals surface area contributed by atoms with E-state index < -0.39 is 18.1 Å². The molecule has 0 atom stereocenters. The second-order valence-electron chi connectivity index (χ2n) is 7.56. The molecule has 0 saturated heterocycles. The predicted octanol–water partition coefficient (Wildman–Crippen LogP) is 3.58. The van der Waals surface area contributed by atoms with Crippen molar-refractivity contribution in [3.63, 3.8) is 0 Å². The van der Waals surface area contributed by atoms with E-state index in [1.165, 1.54) is 54.1 Å². The van der Waals surface area contributed by atoms with Gasteiger partial charge in [-0.25, -0.2) is 9.18 Å². The highest BCUT2D eigenvalue weighted by molar-refractivity contribution is 6.33. The van der Waals surface area contributed by atoms with E-state index in [0.717, 1.165) is 4.68 Å². The molecule has 3 aromatic rings. The minimum atomic E-state index is -0.580. The van der Waals surface area contributed by atoms with Gasteiger partial charge in [-0.1, -0.05) is 24.2 Å². The highest BCUT2D eigenvalue weighted by Gasteiger charge is 2.22. The predicted molar refractivity (Wildman–Crippen MR) is 133 cm³/mol. The van der Waals surface area contributed by atoms with E-state index in [4.69, 9.17) is 16.3 Å². The molecule has 0 unspecified atom stereocenters. The number of methoxy groups -OCH3 is 1. The molecule has 9 nitrogen and oxygen atoms in total. The standard InChI is InChI=1S/C24H25ClFN5O4/c1-6-30-21(13-33)27-31(24(30)34)19-11-16(15(12-32)10-20(19)35-5)22(14(2)3)28-29(4)23-17(25)8-7-9-18(23)26/h7-12,33H,2,6,13H2,1,3-5H3/b28-22-. The SMILES string of the molecule is C=C(C)/C(=N/N(C)c1c(F)cccc1Cl)c1cc(-n2nc(CO)n(CC)c2=O)c(OC)cc1C=O. The molecule has 184 valence electrons. The number of benzene rings is 2. The van der Waals surface area contributed by atoms with Crippen LogP contribution in [0.5, 0.6) is 5.75 Å². The number of aromatic nitrogens is 3. The van der Waals surface area contributed by atoms with Crippen LogP contribution in [0.3, 0.4) is 0 Å². The van der Waals surface area contributed by atoms with Crippen molar-refractivity contribution in [2.75, 3.05) is 19.2 Å². The largest absolute Gasteiger partial charge is 0.494 e. The smallest absolute Gasteiger partial charge is 0.350 e. The van der Waals surface area contributed by atoms with Crippen LogP contribution in [-0.2, 0) is 13.2 Å². The number of hydrazone groups is 1. The van der Waals surface area contributed by atoms with Gasteiger partial charge in [-0.3, -0.25) is 14.4 Å². The molecule has 0 aliphatic rings. The van der Waals surface area contributed by atoms with Gasteiger partial charge >= 0.3 is 5.69 Å². The van der Waals surface area contributed by atoms with E-state index in [9.17, 15) is 19.1 Å². The van der Waals surface area contributed by atoms with Gasteiger partial charge < -0.3 is 9.84 Å². The monoisotopic (exact) mass is 501 g/mol. The van der Waals surface area contributed by atoms with Gasteiger partial charge in [-0.15, -0.1) is 5.10 Å². The normalized spacial score (nSPS) is 11.5. The molecule has 0 radical (unpaired) electrons. The zero-order chi connectivity index (χ0) is 25.9. The molecule has 0 aliphatic heterocycles. The summed E-state index contributed by atoms with van der Waals surface area (Å²) in [7, 11) is 2.91. The number of para-hydroxylation sites is 1. The summed E-state index contributed by atoms with van der Waals surface area (Å²) in [6.45, 7) is 7.23. The number of hydrogen-bond donors (Lipinski definition) is 1. The first-order valence-corrected chi connectivity index (χ1v) is 11.0. The molecule has 2 aromatic carbocycles. The average molecular weight is 502 g/mol. The molecule has 11 heteroatoms. The van der Waals surface area contributed by atoms with Crippen molar-refractivity contribution in [2.24, 2.45) is 5.10 Å². The van der Waals surface area contributed by atoms with Crippen LogP contribution in [0.4, 0.5) is 10.1 Å². The zero-order valence-electron chi connectivity index (χ0n) is 19.7. The minimum Gasteiger partial charge on any atom is -0.494 e. The van der Waals surface area contributed by atoms with Crippen LogP contribution in [0.2, 0.25) is 5.02 Å². The van der Waals surface area contributed by atoms with Crippen LogP contribution >= 0.6 is 11.6 Å². The van der Waals surface area contributed by atoms with Gasteiger partial charge in [-0.2, -0.15) is 9.78 Å². The molecule has 0 spiro atoms. The van der Waals surface area contributed by atoms with Gasteiger partial charge in [0.05, 0.1) is 17.8 Å². The number of nitrogens with zero attached hydrogens (tertiary/aromatic N) is 5. The van der Waals surface area contributed by atoms with Crippen molar-refractivity contribution in [1.82, 2.24) is 14.3 Å². The Morgan fingerprint density at radius 2 is 2.11 bits per heavy atom. The molecular formula is C24H25ClFN5O4. The summed E-state index contributed by atoms with van der Waals surface area (Å²) in [5.74, 6) is -0.206. The van der Waals surface area contributed by atoms with Crippen molar-refractivity contribution >= 4 is 29.3 Å².